The van der Waals surface area contributed by atoms with E-state index < -0.39 is 24.2 Å². The van der Waals surface area contributed by atoms with Crippen LogP contribution in [0, 0.1) is 0 Å². The molecule has 114 valence electrons. The summed E-state index contributed by atoms with van der Waals surface area (Å²) in [5.41, 5.74) is 1.03. The second-order valence-electron chi connectivity index (χ2n) is 4.78. The van der Waals surface area contributed by atoms with E-state index in [4.69, 9.17) is 0 Å². The minimum atomic E-state index is -3.12. The molecule has 1 atom stereocenters. The fourth-order valence-corrected chi connectivity index (χ4v) is 2.06. The monoisotopic (exact) mass is 303 g/mol. The van der Waals surface area contributed by atoms with Crippen LogP contribution in [0.15, 0.2) is 60.7 Å². The number of amides is 1. The highest BCUT2D eigenvalue weighted by Crippen LogP contribution is 2.09. The van der Waals surface area contributed by atoms with Crippen molar-refractivity contribution in [3.8, 4) is 0 Å². The molecule has 2 aromatic carbocycles. The maximum Gasteiger partial charge on any atom is 0.298 e. The predicted molar refractivity (Wildman–Crippen MR) is 78.9 cm³/mol. The number of benzene rings is 2. The van der Waals surface area contributed by atoms with Gasteiger partial charge in [-0.05, 0) is 24.1 Å². The first-order valence-electron chi connectivity index (χ1n) is 6.79. The molecule has 22 heavy (non-hydrogen) atoms. The van der Waals surface area contributed by atoms with Gasteiger partial charge in [-0.2, -0.15) is 0 Å². The topological polar surface area (TPSA) is 46.2 Å². The summed E-state index contributed by atoms with van der Waals surface area (Å²) in [6.07, 6.45) is -3.09. The van der Waals surface area contributed by atoms with E-state index in [1.165, 1.54) is 0 Å². The third-order valence-corrected chi connectivity index (χ3v) is 3.18. The third-order valence-electron chi connectivity index (χ3n) is 3.18. The van der Waals surface area contributed by atoms with Crippen LogP contribution in [0.4, 0.5) is 8.78 Å². The van der Waals surface area contributed by atoms with E-state index in [0.717, 1.165) is 0 Å². The fourth-order valence-electron chi connectivity index (χ4n) is 2.06. The molecule has 1 amide bonds. The summed E-state index contributed by atoms with van der Waals surface area (Å²) in [5, 5.41) is 2.39. The van der Waals surface area contributed by atoms with Crippen molar-refractivity contribution in [3.05, 3.63) is 71.8 Å². The van der Waals surface area contributed by atoms with E-state index in [1.54, 1.807) is 60.7 Å². The van der Waals surface area contributed by atoms with E-state index in [-0.39, 0.29) is 6.42 Å². The summed E-state index contributed by atoms with van der Waals surface area (Å²) in [4.78, 5) is 23.7. The molecule has 1 unspecified atom stereocenters. The fraction of sp³-hybridized carbons (Fsp3) is 0.176. The van der Waals surface area contributed by atoms with Crippen molar-refractivity contribution >= 4 is 11.7 Å². The lowest BCUT2D eigenvalue weighted by atomic mass is 10.0. The largest absolute Gasteiger partial charge is 0.342 e. The van der Waals surface area contributed by atoms with Crippen LogP contribution in [0.5, 0.6) is 0 Å². The first kappa shape index (κ1) is 15.8. The van der Waals surface area contributed by atoms with E-state index in [1.807, 2.05) is 0 Å². The Labute approximate surface area is 127 Å². The second-order valence-corrected chi connectivity index (χ2v) is 4.78. The summed E-state index contributed by atoms with van der Waals surface area (Å²) in [6.45, 7) is 0. The van der Waals surface area contributed by atoms with Gasteiger partial charge in [0.15, 0.2) is 0 Å². The van der Waals surface area contributed by atoms with Crippen LogP contribution in [0.2, 0.25) is 0 Å². The average Bonchev–Trinajstić information content (AvgIpc) is 2.55. The van der Waals surface area contributed by atoms with Gasteiger partial charge >= 0.3 is 0 Å². The highest BCUT2D eigenvalue weighted by Gasteiger charge is 2.28. The molecule has 0 saturated heterocycles. The number of alkyl halides is 2. The zero-order chi connectivity index (χ0) is 15.9. The number of halogens is 2. The van der Waals surface area contributed by atoms with Gasteiger partial charge in [-0.25, -0.2) is 8.78 Å². The maximum absolute atomic E-state index is 12.7. The normalized spacial score (nSPS) is 12.0. The van der Waals surface area contributed by atoms with Gasteiger partial charge in [-0.1, -0.05) is 48.5 Å². The Kier molecular flexibility index (Phi) is 5.36. The molecule has 0 bridgehead atoms. The van der Waals surface area contributed by atoms with Crippen LogP contribution < -0.4 is 5.32 Å². The minimum Gasteiger partial charge on any atom is -0.342 e. The van der Waals surface area contributed by atoms with Gasteiger partial charge in [0.2, 0.25) is 5.78 Å². The lowest BCUT2D eigenvalue weighted by Gasteiger charge is -2.17. The summed E-state index contributed by atoms with van der Waals surface area (Å²) in [5.74, 6) is -1.83. The molecule has 0 aliphatic heterocycles. The van der Waals surface area contributed by atoms with Gasteiger partial charge in [0.1, 0.15) is 0 Å². The zero-order valence-corrected chi connectivity index (χ0v) is 11.7. The van der Waals surface area contributed by atoms with Gasteiger partial charge in [0.25, 0.3) is 12.3 Å². The molecular formula is C17H15F2NO2. The van der Waals surface area contributed by atoms with Crippen LogP contribution in [0.3, 0.4) is 0 Å². The van der Waals surface area contributed by atoms with Crippen LogP contribution in [0.25, 0.3) is 0 Å². The molecule has 1 N–H and O–H groups in total. The maximum atomic E-state index is 12.7. The van der Waals surface area contributed by atoms with Crippen LogP contribution in [0.1, 0.15) is 15.9 Å². The molecular weight excluding hydrogens is 288 g/mol. The van der Waals surface area contributed by atoms with Crippen LogP contribution in [-0.4, -0.2) is 24.2 Å². The van der Waals surface area contributed by atoms with Crippen molar-refractivity contribution < 1.29 is 18.4 Å². The molecule has 0 aliphatic rings. The molecule has 0 saturated carbocycles. The Morgan fingerprint density at radius 3 is 2.00 bits per heavy atom. The minimum absolute atomic E-state index is 0.0303. The molecule has 0 radical (unpaired) electrons. The third kappa shape index (κ3) is 4.22. The standard InChI is InChI=1S/C17H15F2NO2/c18-16(19)15(21)14(11-12-7-3-1-4-8-12)20-17(22)13-9-5-2-6-10-13/h1-10,14,16H,11H2,(H,20,22). The molecule has 0 fully saturated rings. The lowest BCUT2D eigenvalue weighted by molar-refractivity contribution is -0.131. The highest BCUT2D eigenvalue weighted by atomic mass is 19.3. The molecule has 5 heteroatoms. The second kappa shape index (κ2) is 7.45. The van der Waals surface area contributed by atoms with E-state index in [0.29, 0.717) is 11.1 Å². The number of rotatable bonds is 6. The van der Waals surface area contributed by atoms with Crippen molar-refractivity contribution in [1.29, 1.82) is 0 Å². The summed E-state index contributed by atoms with van der Waals surface area (Å²) in [6, 6.07) is 15.7. The van der Waals surface area contributed by atoms with Crippen molar-refractivity contribution in [3.63, 3.8) is 0 Å². The predicted octanol–water partition coefficient (Wildman–Crippen LogP) is 2.86. The van der Waals surface area contributed by atoms with Crippen LogP contribution in [-0.2, 0) is 11.2 Å². The quantitative estimate of drug-likeness (QED) is 0.892. The molecule has 3 nitrogen and oxygen atoms in total. The summed E-state index contributed by atoms with van der Waals surface area (Å²) in [7, 11) is 0. The Balaban J connectivity index is 2.14. The van der Waals surface area contributed by atoms with Gasteiger partial charge in [-0.15, -0.1) is 0 Å². The first-order valence-corrected chi connectivity index (χ1v) is 6.79. The molecule has 0 aromatic heterocycles. The Morgan fingerprint density at radius 2 is 1.45 bits per heavy atom. The number of carbonyl (C=O) groups excluding carboxylic acids is 2. The number of Topliss-reactive ketones (excluding diaryl/α,β-unsaturated/α-hetero) is 1. The smallest absolute Gasteiger partial charge is 0.298 e. The number of hydrogen-bond donors (Lipinski definition) is 1. The van der Waals surface area contributed by atoms with Gasteiger partial charge in [-0.3, -0.25) is 9.59 Å². The molecule has 0 spiro atoms. The lowest BCUT2D eigenvalue weighted by Crippen LogP contribution is -2.45. The Morgan fingerprint density at radius 1 is 0.909 bits per heavy atom. The van der Waals surface area contributed by atoms with E-state index in [2.05, 4.69) is 5.32 Å². The summed E-state index contributed by atoms with van der Waals surface area (Å²) >= 11 is 0. The number of nitrogens with one attached hydrogen (secondary N) is 1. The van der Waals surface area contributed by atoms with Crippen molar-refractivity contribution in [2.24, 2.45) is 0 Å². The SMILES string of the molecule is O=C(NC(Cc1ccccc1)C(=O)C(F)F)c1ccccc1. The van der Waals surface area contributed by atoms with Crippen molar-refractivity contribution in [1.82, 2.24) is 5.32 Å². The van der Waals surface area contributed by atoms with Crippen LogP contribution >= 0.6 is 0 Å². The van der Waals surface area contributed by atoms with Crippen molar-refractivity contribution in [2.75, 3.05) is 0 Å². The van der Waals surface area contributed by atoms with Gasteiger partial charge in [0, 0.05) is 5.56 Å². The molecule has 0 aliphatic carbocycles. The van der Waals surface area contributed by atoms with Gasteiger partial charge in [0.05, 0.1) is 6.04 Å². The Bertz CT molecular complexity index is 630. The highest BCUT2D eigenvalue weighted by molar-refractivity contribution is 5.98. The van der Waals surface area contributed by atoms with Crippen molar-refractivity contribution in [2.45, 2.75) is 18.9 Å². The summed E-state index contributed by atoms with van der Waals surface area (Å²) < 4.78 is 25.5. The zero-order valence-electron chi connectivity index (χ0n) is 11.7. The molecule has 2 aromatic rings. The first-order chi connectivity index (χ1) is 10.6. The van der Waals surface area contributed by atoms with E-state index in [9.17, 15) is 18.4 Å². The average molecular weight is 303 g/mol. The van der Waals surface area contributed by atoms with Gasteiger partial charge < -0.3 is 5.32 Å². The van der Waals surface area contributed by atoms with E-state index >= 15 is 0 Å². The number of carbonyl (C=O) groups is 2. The Hall–Kier alpha value is -2.56. The number of hydrogen-bond acceptors (Lipinski definition) is 2. The molecule has 2 rings (SSSR count). The number of ketones is 1. The molecule has 0 heterocycles.